The van der Waals surface area contributed by atoms with Crippen molar-refractivity contribution in [1.82, 2.24) is 15.3 Å². The van der Waals surface area contributed by atoms with Crippen LogP contribution in [0.5, 0.6) is 11.5 Å². The van der Waals surface area contributed by atoms with E-state index in [0.717, 1.165) is 30.8 Å². The Morgan fingerprint density at radius 1 is 1.27 bits per heavy atom. The van der Waals surface area contributed by atoms with Crippen LogP contribution in [-0.4, -0.2) is 47.5 Å². The van der Waals surface area contributed by atoms with E-state index in [4.69, 9.17) is 21.7 Å². The number of ether oxygens (including phenoxy) is 2. The van der Waals surface area contributed by atoms with Gasteiger partial charge in [0.05, 0.1) is 6.42 Å². The minimum atomic E-state index is 0.0385. The first kappa shape index (κ1) is 14.9. The number of thiocarbonyl (C=S) groups is 1. The Morgan fingerprint density at radius 3 is 2.86 bits per heavy atom. The summed E-state index contributed by atoms with van der Waals surface area (Å²) in [6.07, 6.45) is 1.25. The lowest BCUT2D eigenvalue weighted by Gasteiger charge is -2.30. The number of hydrogen-bond donors (Lipinski definition) is 1. The summed E-state index contributed by atoms with van der Waals surface area (Å²) >= 11 is 5.32. The van der Waals surface area contributed by atoms with Crippen molar-refractivity contribution < 1.29 is 14.3 Å². The molecule has 3 rings (SSSR count). The van der Waals surface area contributed by atoms with Gasteiger partial charge in [0.1, 0.15) is 0 Å². The number of hydrogen-bond acceptors (Lipinski definition) is 4. The Balaban J connectivity index is 1.67. The van der Waals surface area contributed by atoms with Crippen LogP contribution in [0, 0.1) is 0 Å². The van der Waals surface area contributed by atoms with E-state index >= 15 is 0 Å². The van der Waals surface area contributed by atoms with E-state index in [-0.39, 0.29) is 12.7 Å². The van der Waals surface area contributed by atoms with Gasteiger partial charge in [-0.1, -0.05) is 6.07 Å². The number of nitrogens with zero attached hydrogens (tertiary/aromatic N) is 2. The molecule has 2 aliphatic rings. The second kappa shape index (κ2) is 6.39. The average Bonchev–Trinajstić information content (AvgIpc) is 3.16. The molecule has 1 saturated heterocycles. The lowest BCUT2D eigenvalue weighted by Crippen LogP contribution is -2.49. The molecule has 1 aromatic rings. The van der Waals surface area contributed by atoms with E-state index in [2.05, 4.69) is 5.32 Å². The van der Waals surface area contributed by atoms with Crippen molar-refractivity contribution in [2.24, 2.45) is 0 Å². The van der Waals surface area contributed by atoms with Crippen LogP contribution in [0.25, 0.3) is 0 Å². The highest BCUT2D eigenvalue weighted by Crippen LogP contribution is 2.32. The van der Waals surface area contributed by atoms with Crippen LogP contribution in [0.3, 0.4) is 0 Å². The molecular weight excluding hydrogens is 302 g/mol. The number of carbonyl (C=O) groups excluding carboxylic acids is 1. The number of benzene rings is 1. The smallest absolute Gasteiger partial charge is 0.245 e. The van der Waals surface area contributed by atoms with Crippen LogP contribution < -0.4 is 14.8 Å². The van der Waals surface area contributed by atoms with Crippen LogP contribution >= 0.6 is 12.2 Å². The van der Waals surface area contributed by atoms with Gasteiger partial charge < -0.3 is 14.8 Å². The zero-order chi connectivity index (χ0) is 15.5. The van der Waals surface area contributed by atoms with Gasteiger partial charge in [-0.2, -0.15) is 0 Å². The molecule has 2 heterocycles. The van der Waals surface area contributed by atoms with Crippen molar-refractivity contribution >= 4 is 23.2 Å². The van der Waals surface area contributed by atoms with Crippen molar-refractivity contribution in [3.63, 3.8) is 0 Å². The number of amides is 1. The number of nitrogens with one attached hydrogen (secondary N) is 1. The molecule has 2 aliphatic heterocycles. The maximum Gasteiger partial charge on any atom is 0.245 e. The monoisotopic (exact) mass is 321 g/mol. The van der Waals surface area contributed by atoms with Crippen molar-refractivity contribution in [1.29, 1.82) is 0 Å². The first-order chi connectivity index (χ1) is 10.7. The molecule has 22 heavy (non-hydrogen) atoms. The number of carbonyl (C=O) groups is 1. The first-order valence-electron chi connectivity index (χ1n) is 7.43. The van der Waals surface area contributed by atoms with Crippen molar-refractivity contribution in [3.05, 3.63) is 23.8 Å². The van der Waals surface area contributed by atoms with E-state index in [1.54, 1.807) is 5.01 Å². The normalized spacial score (nSPS) is 16.0. The summed E-state index contributed by atoms with van der Waals surface area (Å²) in [5.74, 6) is 1.47. The Labute approximate surface area is 134 Å². The van der Waals surface area contributed by atoms with Gasteiger partial charge in [-0.25, -0.2) is 0 Å². The van der Waals surface area contributed by atoms with Crippen LogP contribution in [-0.2, 0) is 11.2 Å². The van der Waals surface area contributed by atoms with Crippen molar-refractivity contribution in [2.45, 2.75) is 19.8 Å². The zero-order valence-electron chi connectivity index (χ0n) is 12.5. The topological polar surface area (TPSA) is 54.0 Å². The molecule has 0 radical (unpaired) electrons. The summed E-state index contributed by atoms with van der Waals surface area (Å²) in [6.45, 7) is 4.46. The molecule has 6 nitrogen and oxygen atoms in total. The van der Waals surface area contributed by atoms with Gasteiger partial charge in [0, 0.05) is 19.6 Å². The number of fused-ring (bicyclic) bond motifs is 1. The van der Waals surface area contributed by atoms with Crippen LogP contribution in [0.15, 0.2) is 18.2 Å². The van der Waals surface area contributed by atoms with Crippen molar-refractivity contribution in [2.75, 3.05) is 26.4 Å². The highest BCUT2D eigenvalue weighted by atomic mass is 32.1. The quantitative estimate of drug-likeness (QED) is 0.847. The summed E-state index contributed by atoms with van der Waals surface area (Å²) in [5.41, 5.74) is 0.912. The number of rotatable bonds is 3. The lowest BCUT2D eigenvalue weighted by molar-refractivity contribution is -0.138. The van der Waals surface area contributed by atoms with E-state index in [1.807, 2.05) is 30.1 Å². The molecule has 1 fully saturated rings. The fourth-order valence-corrected chi connectivity index (χ4v) is 2.98. The molecule has 0 bridgehead atoms. The van der Waals surface area contributed by atoms with Gasteiger partial charge in [-0.3, -0.25) is 14.8 Å². The third-order valence-corrected chi connectivity index (χ3v) is 4.03. The van der Waals surface area contributed by atoms with Gasteiger partial charge in [0.25, 0.3) is 0 Å². The fourth-order valence-electron chi connectivity index (χ4n) is 2.64. The third-order valence-electron chi connectivity index (χ3n) is 3.67. The highest BCUT2D eigenvalue weighted by molar-refractivity contribution is 7.80. The molecule has 118 valence electrons. The van der Waals surface area contributed by atoms with E-state index < -0.39 is 0 Å². The molecule has 1 amide bonds. The Morgan fingerprint density at radius 2 is 2.05 bits per heavy atom. The molecule has 1 aromatic carbocycles. The molecule has 1 N–H and O–H groups in total. The summed E-state index contributed by atoms with van der Waals surface area (Å²) in [6, 6.07) is 5.60. The molecular formula is C15H19N3O3S. The van der Waals surface area contributed by atoms with E-state index in [1.165, 1.54) is 0 Å². The van der Waals surface area contributed by atoms with Gasteiger partial charge in [-0.05, 0) is 43.3 Å². The molecule has 0 spiro atoms. The minimum Gasteiger partial charge on any atom is -0.454 e. The second-order valence-corrected chi connectivity index (χ2v) is 5.58. The SMILES string of the molecule is CCNC(=S)N1CCCN1C(=O)Cc1ccc2c(c1)OCO2. The molecule has 7 heteroatoms. The van der Waals surface area contributed by atoms with Crippen LogP contribution in [0.2, 0.25) is 0 Å². The van der Waals surface area contributed by atoms with Gasteiger partial charge in [0.2, 0.25) is 12.7 Å². The van der Waals surface area contributed by atoms with Gasteiger partial charge in [0.15, 0.2) is 16.6 Å². The van der Waals surface area contributed by atoms with Crippen LogP contribution in [0.4, 0.5) is 0 Å². The maximum atomic E-state index is 12.6. The van der Waals surface area contributed by atoms with Crippen molar-refractivity contribution in [3.8, 4) is 11.5 Å². The molecule has 0 unspecified atom stereocenters. The maximum absolute atomic E-state index is 12.6. The molecule has 0 atom stereocenters. The third kappa shape index (κ3) is 2.94. The molecule has 0 aliphatic carbocycles. The Bertz CT molecular complexity index is 593. The molecule has 0 saturated carbocycles. The lowest BCUT2D eigenvalue weighted by atomic mass is 10.1. The summed E-state index contributed by atoms with van der Waals surface area (Å²) in [5, 5.41) is 7.29. The summed E-state index contributed by atoms with van der Waals surface area (Å²) < 4.78 is 10.6. The number of hydrazine groups is 1. The Kier molecular flexibility index (Phi) is 4.33. The van der Waals surface area contributed by atoms with E-state index in [9.17, 15) is 4.79 Å². The average molecular weight is 321 g/mol. The first-order valence-corrected chi connectivity index (χ1v) is 7.84. The van der Waals surface area contributed by atoms with Gasteiger partial charge >= 0.3 is 0 Å². The minimum absolute atomic E-state index is 0.0385. The predicted octanol–water partition coefficient (Wildman–Crippen LogP) is 1.30. The largest absolute Gasteiger partial charge is 0.454 e. The van der Waals surface area contributed by atoms with Crippen LogP contribution in [0.1, 0.15) is 18.9 Å². The predicted molar refractivity (Wildman–Crippen MR) is 85.6 cm³/mol. The fraction of sp³-hybridized carbons (Fsp3) is 0.467. The zero-order valence-corrected chi connectivity index (χ0v) is 13.3. The standard InChI is InChI=1S/C15H19N3O3S/c1-2-16-15(22)18-7-3-6-17(18)14(19)9-11-4-5-12-13(8-11)21-10-20-12/h4-5,8H,2-3,6-7,9-10H2,1H3,(H,16,22). The van der Waals surface area contributed by atoms with E-state index in [0.29, 0.717) is 23.8 Å². The van der Waals surface area contributed by atoms with Gasteiger partial charge in [-0.15, -0.1) is 0 Å². The Hall–Kier alpha value is -2.02. The second-order valence-electron chi connectivity index (χ2n) is 5.19. The highest BCUT2D eigenvalue weighted by Gasteiger charge is 2.28. The summed E-state index contributed by atoms with van der Waals surface area (Å²) in [7, 11) is 0. The molecule has 0 aromatic heterocycles. The summed E-state index contributed by atoms with van der Waals surface area (Å²) in [4.78, 5) is 12.6.